The molecule has 0 saturated heterocycles. The maximum atomic E-state index is 13.9. The summed E-state index contributed by atoms with van der Waals surface area (Å²) in [5.41, 5.74) is 4.48. The van der Waals surface area contributed by atoms with Gasteiger partial charge in [0.15, 0.2) is 0 Å². The Morgan fingerprint density at radius 3 is 2.52 bits per heavy atom. The van der Waals surface area contributed by atoms with Gasteiger partial charge in [-0.1, -0.05) is 41.1 Å². The minimum Gasteiger partial charge on any atom is -0.271 e. The first-order valence-corrected chi connectivity index (χ1v) is 8.54. The lowest BCUT2D eigenvalue weighted by molar-refractivity contribution is 0.528. The number of halogens is 2. The van der Waals surface area contributed by atoms with E-state index in [0.717, 1.165) is 15.8 Å². The molecule has 0 bridgehead atoms. The van der Waals surface area contributed by atoms with E-state index in [1.165, 1.54) is 11.0 Å². The smallest absolute Gasteiger partial charge is 0.127 e. The van der Waals surface area contributed by atoms with E-state index in [-0.39, 0.29) is 11.9 Å². The topological polar surface area (TPSA) is 38.0 Å². The van der Waals surface area contributed by atoms with Gasteiger partial charge in [-0.15, -0.1) is 11.8 Å². The molecule has 2 nitrogen and oxygen atoms in total. The van der Waals surface area contributed by atoms with Crippen LogP contribution in [0.5, 0.6) is 0 Å². The average molecular weight is 369 g/mol. The van der Waals surface area contributed by atoms with Gasteiger partial charge in [-0.25, -0.2) is 4.39 Å². The van der Waals surface area contributed by atoms with Crippen LogP contribution in [0.4, 0.5) is 4.39 Å². The molecular formula is C16H18BrFN2S. The number of hydrogen-bond acceptors (Lipinski definition) is 3. The standard InChI is InChI=1S/C16H18BrFN2S/c1-2-21-14-7-4-11(5-8-14)16(20-19)9-12-3-6-13(17)10-15(12)18/h3-8,10,16,20H,2,9,19H2,1H3. The van der Waals surface area contributed by atoms with Crippen LogP contribution in [-0.4, -0.2) is 5.75 Å². The summed E-state index contributed by atoms with van der Waals surface area (Å²) in [4.78, 5) is 1.23. The maximum Gasteiger partial charge on any atom is 0.127 e. The molecule has 0 aliphatic rings. The van der Waals surface area contributed by atoms with Gasteiger partial charge in [0.1, 0.15) is 5.82 Å². The zero-order valence-electron chi connectivity index (χ0n) is 11.8. The van der Waals surface area contributed by atoms with E-state index in [0.29, 0.717) is 12.0 Å². The van der Waals surface area contributed by atoms with Crippen molar-refractivity contribution in [2.75, 3.05) is 5.75 Å². The summed E-state index contributed by atoms with van der Waals surface area (Å²) in [5, 5.41) is 0. The van der Waals surface area contributed by atoms with Crippen LogP contribution in [0.3, 0.4) is 0 Å². The molecule has 21 heavy (non-hydrogen) atoms. The van der Waals surface area contributed by atoms with E-state index in [2.05, 4.69) is 40.4 Å². The largest absolute Gasteiger partial charge is 0.271 e. The van der Waals surface area contributed by atoms with Gasteiger partial charge >= 0.3 is 0 Å². The predicted molar refractivity (Wildman–Crippen MR) is 90.7 cm³/mol. The normalized spacial score (nSPS) is 12.4. The Morgan fingerprint density at radius 2 is 1.95 bits per heavy atom. The highest BCUT2D eigenvalue weighted by molar-refractivity contribution is 9.10. The second-order valence-corrected chi connectivity index (χ2v) is 6.91. The van der Waals surface area contributed by atoms with E-state index in [9.17, 15) is 4.39 Å². The Balaban J connectivity index is 2.15. The van der Waals surface area contributed by atoms with Gasteiger partial charge in [0.05, 0.1) is 6.04 Å². The zero-order chi connectivity index (χ0) is 15.2. The molecule has 112 valence electrons. The second kappa shape index (κ2) is 7.94. The van der Waals surface area contributed by atoms with Crippen molar-refractivity contribution in [3.8, 4) is 0 Å². The first-order chi connectivity index (χ1) is 10.1. The highest BCUT2D eigenvalue weighted by atomic mass is 79.9. The summed E-state index contributed by atoms with van der Waals surface area (Å²) in [6.07, 6.45) is 0.510. The molecule has 0 saturated carbocycles. The Morgan fingerprint density at radius 1 is 1.24 bits per heavy atom. The molecule has 0 amide bonds. The third kappa shape index (κ3) is 4.54. The second-order valence-electron chi connectivity index (χ2n) is 4.66. The Kier molecular flexibility index (Phi) is 6.23. The molecule has 0 aromatic heterocycles. The number of benzene rings is 2. The molecule has 0 spiro atoms. The first kappa shape index (κ1) is 16.5. The number of thioether (sulfide) groups is 1. The molecule has 2 aromatic rings. The van der Waals surface area contributed by atoms with Crippen molar-refractivity contribution < 1.29 is 4.39 Å². The molecule has 0 radical (unpaired) electrons. The fourth-order valence-electron chi connectivity index (χ4n) is 2.14. The predicted octanol–water partition coefficient (Wildman–Crippen LogP) is 4.45. The Labute approximate surface area is 137 Å². The lowest BCUT2D eigenvalue weighted by Crippen LogP contribution is -2.29. The SMILES string of the molecule is CCSc1ccc(C(Cc2ccc(Br)cc2F)NN)cc1. The minimum atomic E-state index is -0.220. The van der Waals surface area contributed by atoms with Crippen LogP contribution < -0.4 is 11.3 Å². The molecule has 2 rings (SSSR count). The number of hydrazine groups is 1. The number of nitrogens with one attached hydrogen (secondary N) is 1. The molecular weight excluding hydrogens is 351 g/mol. The lowest BCUT2D eigenvalue weighted by Gasteiger charge is -2.17. The van der Waals surface area contributed by atoms with Crippen molar-refractivity contribution in [1.82, 2.24) is 5.43 Å². The molecule has 0 heterocycles. The van der Waals surface area contributed by atoms with E-state index in [4.69, 9.17) is 5.84 Å². The van der Waals surface area contributed by atoms with Gasteiger partial charge in [0.2, 0.25) is 0 Å². The van der Waals surface area contributed by atoms with Crippen molar-refractivity contribution in [3.63, 3.8) is 0 Å². The third-order valence-electron chi connectivity index (χ3n) is 3.23. The van der Waals surface area contributed by atoms with Gasteiger partial charge in [0, 0.05) is 9.37 Å². The lowest BCUT2D eigenvalue weighted by atomic mass is 9.99. The number of nitrogens with two attached hydrogens (primary N) is 1. The monoisotopic (exact) mass is 368 g/mol. The van der Waals surface area contributed by atoms with Crippen LogP contribution in [0.1, 0.15) is 24.1 Å². The quantitative estimate of drug-likeness (QED) is 0.449. The van der Waals surface area contributed by atoms with E-state index in [1.54, 1.807) is 17.8 Å². The Hall–Kier alpha value is -0.880. The third-order valence-corrected chi connectivity index (χ3v) is 4.62. The number of hydrogen-bond donors (Lipinski definition) is 2. The summed E-state index contributed by atoms with van der Waals surface area (Å²) in [5.74, 6) is 6.47. The summed E-state index contributed by atoms with van der Waals surface area (Å²) in [6, 6.07) is 13.2. The van der Waals surface area contributed by atoms with E-state index < -0.39 is 0 Å². The zero-order valence-corrected chi connectivity index (χ0v) is 14.2. The fraction of sp³-hybridized carbons (Fsp3) is 0.250. The van der Waals surface area contributed by atoms with Crippen LogP contribution in [0, 0.1) is 5.82 Å². The molecule has 1 unspecified atom stereocenters. The molecule has 2 aromatic carbocycles. The molecule has 0 fully saturated rings. The van der Waals surface area contributed by atoms with Gasteiger partial charge in [0.25, 0.3) is 0 Å². The van der Waals surface area contributed by atoms with Crippen LogP contribution >= 0.6 is 27.7 Å². The van der Waals surface area contributed by atoms with Gasteiger partial charge in [-0.3, -0.25) is 11.3 Å². The van der Waals surface area contributed by atoms with Crippen LogP contribution in [-0.2, 0) is 6.42 Å². The maximum absolute atomic E-state index is 13.9. The molecule has 3 N–H and O–H groups in total. The van der Waals surface area contributed by atoms with E-state index in [1.807, 2.05) is 18.2 Å². The van der Waals surface area contributed by atoms with Gasteiger partial charge < -0.3 is 0 Å². The van der Waals surface area contributed by atoms with Gasteiger partial charge in [-0.05, 0) is 47.6 Å². The van der Waals surface area contributed by atoms with Gasteiger partial charge in [-0.2, -0.15) is 0 Å². The fourth-order valence-corrected chi connectivity index (χ4v) is 3.14. The van der Waals surface area contributed by atoms with E-state index >= 15 is 0 Å². The molecule has 0 aliphatic heterocycles. The minimum absolute atomic E-state index is 0.110. The van der Waals surface area contributed by atoms with Crippen molar-refractivity contribution in [1.29, 1.82) is 0 Å². The van der Waals surface area contributed by atoms with Crippen molar-refractivity contribution in [2.45, 2.75) is 24.3 Å². The summed E-state index contributed by atoms with van der Waals surface area (Å²) >= 11 is 5.06. The van der Waals surface area contributed by atoms with Crippen molar-refractivity contribution in [2.24, 2.45) is 5.84 Å². The molecule has 0 aliphatic carbocycles. The molecule has 1 atom stereocenters. The Bertz CT molecular complexity index is 589. The average Bonchev–Trinajstić information content (AvgIpc) is 2.48. The van der Waals surface area contributed by atoms with Crippen LogP contribution in [0.2, 0.25) is 0 Å². The molecule has 5 heteroatoms. The highest BCUT2D eigenvalue weighted by Gasteiger charge is 2.13. The summed E-state index contributed by atoms with van der Waals surface area (Å²) in [6.45, 7) is 2.12. The summed E-state index contributed by atoms with van der Waals surface area (Å²) in [7, 11) is 0. The summed E-state index contributed by atoms with van der Waals surface area (Å²) < 4.78 is 14.7. The number of rotatable bonds is 6. The van der Waals surface area contributed by atoms with Crippen molar-refractivity contribution >= 4 is 27.7 Å². The highest BCUT2D eigenvalue weighted by Crippen LogP contribution is 2.24. The van der Waals surface area contributed by atoms with Crippen molar-refractivity contribution in [3.05, 3.63) is 63.9 Å². The van der Waals surface area contributed by atoms with Crippen LogP contribution in [0.15, 0.2) is 51.8 Å². The van der Waals surface area contributed by atoms with Crippen LogP contribution in [0.25, 0.3) is 0 Å². The first-order valence-electron chi connectivity index (χ1n) is 6.77.